The SMILES string of the molecule is CCOC(=O)COCCN1CC(O)C(O)C1. The normalized spacial score (nSPS) is 25.9. The van der Waals surface area contributed by atoms with E-state index in [9.17, 15) is 15.0 Å². The maximum absolute atomic E-state index is 10.9. The van der Waals surface area contributed by atoms with Gasteiger partial charge in [0.05, 0.1) is 25.4 Å². The first-order chi connectivity index (χ1) is 7.63. The molecular formula is C10H19NO5. The van der Waals surface area contributed by atoms with Gasteiger partial charge in [-0.3, -0.25) is 4.90 Å². The van der Waals surface area contributed by atoms with Crippen LogP contribution in [0, 0.1) is 0 Å². The van der Waals surface area contributed by atoms with Crippen LogP contribution in [0.15, 0.2) is 0 Å². The van der Waals surface area contributed by atoms with Crippen LogP contribution in [0.2, 0.25) is 0 Å². The number of carbonyl (C=O) groups excluding carboxylic acids is 1. The minimum atomic E-state index is -0.676. The molecule has 0 bridgehead atoms. The average molecular weight is 233 g/mol. The third-order valence-electron chi connectivity index (χ3n) is 2.41. The third-order valence-corrected chi connectivity index (χ3v) is 2.41. The molecule has 94 valence electrons. The fourth-order valence-electron chi connectivity index (χ4n) is 1.58. The van der Waals surface area contributed by atoms with Gasteiger partial charge in [0.1, 0.15) is 6.61 Å². The Bertz CT molecular complexity index is 213. The Balaban J connectivity index is 2.02. The van der Waals surface area contributed by atoms with E-state index in [1.54, 1.807) is 6.92 Å². The summed E-state index contributed by atoms with van der Waals surface area (Å²) in [6, 6.07) is 0. The highest BCUT2D eigenvalue weighted by Crippen LogP contribution is 2.08. The molecule has 0 aliphatic carbocycles. The van der Waals surface area contributed by atoms with Gasteiger partial charge in [-0.2, -0.15) is 0 Å². The number of ether oxygens (including phenoxy) is 2. The first-order valence-corrected chi connectivity index (χ1v) is 5.45. The molecule has 0 aromatic carbocycles. The summed E-state index contributed by atoms with van der Waals surface area (Å²) in [5, 5.41) is 18.6. The van der Waals surface area contributed by atoms with E-state index in [0.717, 1.165) is 0 Å². The topological polar surface area (TPSA) is 79.2 Å². The summed E-state index contributed by atoms with van der Waals surface area (Å²) < 4.78 is 9.79. The smallest absolute Gasteiger partial charge is 0.332 e. The molecule has 0 aromatic rings. The predicted octanol–water partition coefficient (Wildman–Crippen LogP) is -1.40. The molecule has 0 radical (unpaired) electrons. The number of hydrogen-bond acceptors (Lipinski definition) is 6. The van der Waals surface area contributed by atoms with Crippen molar-refractivity contribution in [2.45, 2.75) is 19.1 Å². The number of carbonyl (C=O) groups is 1. The quantitative estimate of drug-likeness (QED) is 0.434. The van der Waals surface area contributed by atoms with Crippen LogP contribution in [0.25, 0.3) is 0 Å². The van der Waals surface area contributed by atoms with Crippen molar-refractivity contribution in [3.8, 4) is 0 Å². The van der Waals surface area contributed by atoms with Gasteiger partial charge in [0.2, 0.25) is 0 Å². The van der Waals surface area contributed by atoms with Crippen LogP contribution in [0.4, 0.5) is 0 Å². The molecule has 2 atom stereocenters. The molecule has 1 saturated heterocycles. The Kier molecular flexibility index (Phi) is 5.68. The summed E-state index contributed by atoms with van der Waals surface area (Å²) in [4.78, 5) is 12.8. The fourth-order valence-corrected chi connectivity index (χ4v) is 1.58. The number of aliphatic hydroxyl groups is 2. The van der Waals surface area contributed by atoms with E-state index < -0.39 is 12.2 Å². The number of hydrogen-bond donors (Lipinski definition) is 2. The number of rotatable bonds is 6. The minimum absolute atomic E-state index is 0.0488. The lowest BCUT2D eigenvalue weighted by Crippen LogP contribution is -2.27. The van der Waals surface area contributed by atoms with Crippen molar-refractivity contribution in [3.05, 3.63) is 0 Å². The Morgan fingerprint density at radius 3 is 2.56 bits per heavy atom. The zero-order chi connectivity index (χ0) is 12.0. The second-order valence-corrected chi connectivity index (χ2v) is 3.75. The van der Waals surface area contributed by atoms with Gasteiger partial charge in [-0.1, -0.05) is 0 Å². The second-order valence-electron chi connectivity index (χ2n) is 3.75. The number of likely N-dealkylation sites (tertiary alicyclic amines) is 1. The summed E-state index contributed by atoms with van der Waals surface area (Å²) in [6.07, 6.45) is -1.35. The molecule has 0 spiro atoms. The monoisotopic (exact) mass is 233 g/mol. The van der Waals surface area contributed by atoms with Crippen LogP contribution < -0.4 is 0 Å². The molecule has 6 nitrogen and oxygen atoms in total. The van der Waals surface area contributed by atoms with Crippen LogP contribution in [0.1, 0.15) is 6.92 Å². The maximum Gasteiger partial charge on any atom is 0.332 e. The lowest BCUT2D eigenvalue weighted by Gasteiger charge is -2.14. The zero-order valence-electron chi connectivity index (χ0n) is 9.46. The van der Waals surface area contributed by atoms with Gasteiger partial charge in [0.25, 0.3) is 0 Å². The Hall–Kier alpha value is -0.690. The van der Waals surface area contributed by atoms with E-state index in [4.69, 9.17) is 9.47 Å². The molecular weight excluding hydrogens is 214 g/mol. The number of β-amino-alcohol motifs (C(OH)–C–C–N with tert-alkyl or cyclic N) is 2. The van der Waals surface area contributed by atoms with Crippen LogP contribution in [-0.2, 0) is 14.3 Å². The molecule has 1 rings (SSSR count). The van der Waals surface area contributed by atoms with E-state index >= 15 is 0 Å². The van der Waals surface area contributed by atoms with Crippen molar-refractivity contribution >= 4 is 5.97 Å². The number of aliphatic hydroxyl groups excluding tert-OH is 2. The van der Waals surface area contributed by atoms with Crippen molar-refractivity contribution in [2.75, 3.05) is 39.5 Å². The lowest BCUT2D eigenvalue weighted by molar-refractivity contribution is -0.148. The minimum Gasteiger partial charge on any atom is -0.464 e. The molecule has 1 aliphatic rings. The third kappa shape index (κ3) is 4.44. The summed E-state index contributed by atoms with van der Waals surface area (Å²) in [6.45, 7) is 3.92. The Morgan fingerprint density at radius 1 is 1.38 bits per heavy atom. The molecule has 0 saturated carbocycles. The summed E-state index contributed by atoms with van der Waals surface area (Å²) in [5.41, 5.74) is 0. The van der Waals surface area contributed by atoms with Gasteiger partial charge < -0.3 is 19.7 Å². The fraction of sp³-hybridized carbons (Fsp3) is 0.900. The standard InChI is InChI=1S/C10H19NO5/c1-2-16-10(14)7-15-4-3-11-5-8(12)9(13)6-11/h8-9,12-13H,2-7H2,1H3. The molecule has 0 amide bonds. The van der Waals surface area contributed by atoms with E-state index in [1.165, 1.54) is 0 Å². The highest BCUT2D eigenvalue weighted by molar-refractivity contribution is 5.70. The van der Waals surface area contributed by atoms with Gasteiger partial charge >= 0.3 is 5.97 Å². The van der Waals surface area contributed by atoms with E-state index in [2.05, 4.69) is 0 Å². The van der Waals surface area contributed by atoms with Crippen LogP contribution in [0.3, 0.4) is 0 Å². The van der Waals surface area contributed by atoms with Crippen molar-refractivity contribution in [2.24, 2.45) is 0 Å². The number of nitrogens with zero attached hydrogens (tertiary/aromatic N) is 1. The van der Waals surface area contributed by atoms with Gasteiger partial charge in [-0.15, -0.1) is 0 Å². The molecule has 0 aromatic heterocycles. The van der Waals surface area contributed by atoms with Crippen molar-refractivity contribution in [3.63, 3.8) is 0 Å². The van der Waals surface area contributed by atoms with Crippen LogP contribution in [0.5, 0.6) is 0 Å². The highest BCUT2D eigenvalue weighted by Gasteiger charge is 2.28. The summed E-state index contributed by atoms with van der Waals surface area (Å²) >= 11 is 0. The first-order valence-electron chi connectivity index (χ1n) is 5.45. The van der Waals surface area contributed by atoms with Crippen molar-refractivity contribution < 1.29 is 24.5 Å². The predicted molar refractivity (Wildman–Crippen MR) is 55.9 cm³/mol. The van der Waals surface area contributed by atoms with Crippen molar-refractivity contribution in [1.29, 1.82) is 0 Å². The molecule has 2 N–H and O–H groups in total. The van der Waals surface area contributed by atoms with Gasteiger partial charge in [-0.05, 0) is 6.92 Å². The van der Waals surface area contributed by atoms with Gasteiger partial charge in [-0.25, -0.2) is 4.79 Å². The molecule has 1 heterocycles. The van der Waals surface area contributed by atoms with E-state index in [1.807, 2.05) is 4.90 Å². The van der Waals surface area contributed by atoms with E-state index in [-0.39, 0.29) is 12.6 Å². The Morgan fingerprint density at radius 2 is 2.00 bits per heavy atom. The highest BCUT2D eigenvalue weighted by atomic mass is 16.6. The summed E-state index contributed by atoms with van der Waals surface area (Å²) in [7, 11) is 0. The van der Waals surface area contributed by atoms with E-state index in [0.29, 0.717) is 32.8 Å². The number of esters is 1. The zero-order valence-corrected chi connectivity index (χ0v) is 9.46. The first kappa shape index (κ1) is 13.4. The van der Waals surface area contributed by atoms with Gasteiger partial charge in [0.15, 0.2) is 0 Å². The molecule has 1 aliphatic heterocycles. The van der Waals surface area contributed by atoms with Crippen molar-refractivity contribution in [1.82, 2.24) is 4.90 Å². The van der Waals surface area contributed by atoms with Crippen LogP contribution >= 0.6 is 0 Å². The second kappa shape index (κ2) is 6.80. The average Bonchev–Trinajstić information content (AvgIpc) is 2.54. The Labute approximate surface area is 94.8 Å². The lowest BCUT2D eigenvalue weighted by atomic mass is 10.3. The molecule has 6 heteroatoms. The maximum atomic E-state index is 10.9. The molecule has 1 fully saturated rings. The molecule has 2 unspecified atom stereocenters. The van der Waals surface area contributed by atoms with Gasteiger partial charge in [0, 0.05) is 19.6 Å². The largest absolute Gasteiger partial charge is 0.464 e. The summed E-state index contributed by atoms with van der Waals surface area (Å²) in [5.74, 6) is -0.371. The van der Waals surface area contributed by atoms with Crippen LogP contribution in [-0.4, -0.2) is 72.7 Å². The molecule has 16 heavy (non-hydrogen) atoms.